The van der Waals surface area contributed by atoms with Crippen molar-refractivity contribution in [3.05, 3.63) is 23.2 Å². The first kappa shape index (κ1) is 15.1. The van der Waals surface area contributed by atoms with E-state index in [1.807, 2.05) is 12.1 Å². The second-order valence-corrected chi connectivity index (χ2v) is 5.52. The van der Waals surface area contributed by atoms with Gasteiger partial charge in [0.25, 0.3) is 0 Å². The van der Waals surface area contributed by atoms with Crippen LogP contribution >= 0.6 is 11.6 Å². The molecule has 102 valence electrons. The van der Waals surface area contributed by atoms with E-state index in [1.165, 1.54) is 0 Å². The van der Waals surface area contributed by atoms with Crippen LogP contribution in [-0.2, 0) is 0 Å². The maximum absolute atomic E-state index is 5.95. The summed E-state index contributed by atoms with van der Waals surface area (Å²) in [6.45, 7) is 10.7. The van der Waals surface area contributed by atoms with E-state index in [9.17, 15) is 0 Å². The van der Waals surface area contributed by atoms with E-state index in [0.29, 0.717) is 17.1 Å². The zero-order valence-corrected chi connectivity index (χ0v) is 12.5. The third kappa shape index (κ3) is 4.39. The molecule has 0 fully saturated rings. The number of hydrogen-bond donors (Lipinski definition) is 2. The molecule has 0 unspecified atom stereocenters. The number of nitrogens with zero attached hydrogens (tertiary/aromatic N) is 1. The number of halogens is 1. The fraction of sp³-hybridized carbons (Fsp3) is 0.571. The van der Waals surface area contributed by atoms with E-state index in [1.54, 1.807) is 6.07 Å². The summed E-state index contributed by atoms with van der Waals surface area (Å²) < 4.78 is 0. The minimum Gasteiger partial charge on any atom is -0.397 e. The van der Waals surface area contributed by atoms with Gasteiger partial charge in [-0.2, -0.15) is 0 Å². The number of nitrogens with two attached hydrogens (primary N) is 1. The number of benzene rings is 1. The molecule has 0 aromatic heterocycles. The molecule has 3 nitrogen and oxygen atoms in total. The monoisotopic (exact) mass is 269 g/mol. The second-order valence-electron chi connectivity index (χ2n) is 5.08. The van der Waals surface area contributed by atoms with Gasteiger partial charge in [0.2, 0.25) is 0 Å². The van der Waals surface area contributed by atoms with Crippen LogP contribution in [-0.4, -0.2) is 30.1 Å². The summed E-state index contributed by atoms with van der Waals surface area (Å²) in [5, 5.41) is 4.05. The molecule has 0 amide bonds. The molecule has 0 aliphatic heterocycles. The molecule has 3 N–H and O–H groups in total. The highest BCUT2D eigenvalue weighted by Crippen LogP contribution is 2.22. The van der Waals surface area contributed by atoms with E-state index in [2.05, 4.69) is 37.9 Å². The van der Waals surface area contributed by atoms with E-state index in [0.717, 1.165) is 24.5 Å². The van der Waals surface area contributed by atoms with Crippen LogP contribution in [0.5, 0.6) is 0 Å². The molecule has 0 aliphatic carbocycles. The number of anilines is 2. The smallest absolute Gasteiger partial charge is 0.0589 e. The molecule has 0 aliphatic rings. The minimum atomic E-state index is 0.545. The predicted octanol–water partition coefficient (Wildman–Crippen LogP) is 3.45. The SMILES string of the molecule is CC(C)N(CCNc1cc(Cl)ccc1N)C(C)C. The Morgan fingerprint density at radius 2 is 1.83 bits per heavy atom. The third-order valence-corrected chi connectivity index (χ3v) is 3.26. The van der Waals surface area contributed by atoms with Gasteiger partial charge in [0, 0.05) is 30.2 Å². The summed E-state index contributed by atoms with van der Waals surface area (Å²) >= 11 is 5.95. The Labute approximate surface area is 115 Å². The molecule has 0 radical (unpaired) electrons. The minimum absolute atomic E-state index is 0.545. The largest absolute Gasteiger partial charge is 0.397 e. The molecule has 18 heavy (non-hydrogen) atoms. The van der Waals surface area contributed by atoms with Crippen LogP contribution < -0.4 is 11.1 Å². The molecule has 0 bridgehead atoms. The number of hydrogen-bond acceptors (Lipinski definition) is 3. The van der Waals surface area contributed by atoms with Crippen molar-refractivity contribution in [2.45, 2.75) is 39.8 Å². The standard InChI is InChI=1S/C14H24ClN3/c1-10(2)18(11(3)4)8-7-17-14-9-12(15)5-6-13(14)16/h5-6,9-11,17H,7-8,16H2,1-4H3. The molecule has 0 atom stereocenters. The summed E-state index contributed by atoms with van der Waals surface area (Å²) in [5.41, 5.74) is 7.54. The Kier molecular flexibility index (Phi) is 5.76. The van der Waals surface area contributed by atoms with Crippen LogP contribution in [0, 0.1) is 0 Å². The Hall–Kier alpha value is -0.930. The zero-order chi connectivity index (χ0) is 13.7. The van der Waals surface area contributed by atoms with Crippen LogP contribution in [0.1, 0.15) is 27.7 Å². The van der Waals surface area contributed by atoms with Crippen LogP contribution in [0.25, 0.3) is 0 Å². The average Bonchev–Trinajstić information content (AvgIpc) is 2.27. The Morgan fingerprint density at radius 1 is 1.22 bits per heavy atom. The van der Waals surface area contributed by atoms with Gasteiger partial charge >= 0.3 is 0 Å². The van der Waals surface area contributed by atoms with Gasteiger partial charge in [0.1, 0.15) is 0 Å². The predicted molar refractivity (Wildman–Crippen MR) is 81.3 cm³/mol. The molecule has 0 spiro atoms. The number of rotatable bonds is 6. The molecular weight excluding hydrogens is 246 g/mol. The first-order valence-electron chi connectivity index (χ1n) is 6.46. The zero-order valence-electron chi connectivity index (χ0n) is 11.7. The second kappa shape index (κ2) is 6.86. The third-order valence-electron chi connectivity index (χ3n) is 3.03. The molecule has 0 heterocycles. The lowest BCUT2D eigenvalue weighted by Crippen LogP contribution is -2.40. The van der Waals surface area contributed by atoms with Gasteiger partial charge in [-0.05, 0) is 45.9 Å². The van der Waals surface area contributed by atoms with E-state index >= 15 is 0 Å². The Balaban J connectivity index is 2.52. The van der Waals surface area contributed by atoms with Crippen LogP contribution in [0.2, 0.25) is 5.02 Å². The quantitative estimate of drug-likeness (QED) is 0.777. The van der Waals surface area contributed by atoms with Crippen molar-refractivity contribution in [2.75, 3.05) is 24.1 Å². The molecule has 1 aromatic carbocycles. The molecule has 0 saturated heterocycles. The van der Waals surface area contributed by atoms with E-state index in [4.69, 9.17) is 17.3 Å². The highest BCUT2D eigenvalue weighted by molar-refractivity contribution is 6.31. The van der Waals surface area contributed by atoms with Gasteiger partial charge in [-0.3, -0.25) is 4.90 Å². The summed E-state index contributed by atoms with van der Waals surface area (Å²) in [5.74, 6) is 0. The molecular formula is C14H24ClN3. The molecule has 1 rings (SSSR count). The van der Waals surface area contributed by atoms with E-state index < -0.39 is 0 Å². The lowest BCUT2D eigenvalue weighted by atomic mass is 10.2. The topological polar surface area (TPSA) is 41.3 Å². The van der Waals surface area contributed by atoms with E-state index in [-0.39, 0.29) is 0 Å². The first-order chi connectivity index (χ1) is 8.41. The highest BCUT2D eigenvalue weighted by Gasteiger charge is 2.12. The van der Waals surface area contributed by atoms with Gasteiger partial charge in [-0.1, -0.05) is 11.6 Å². The van der Waals surface area contributed by atoms with Crippen molar-refractivity contribution in [3.8, 4) is 0 Å². The highest BCUT2D eigenvalue weighted by atomic mass is 35.5. The van der Waals surface area contributed by atoms with Crippen molar-refractivity contribution in [2.24, 2.45) is 0 Å². The fourth-order valence-electron chi connectivity index (χ4n) is 2.11. The first-order valence-corrected chi connectivity index (χ1v) is 6.84. The van der Waals surface area contributed by atoms with Gasteiger partial charge < -0.3 is 11.1 Å². The average molecular weight is 270 g/mol. The lowest BCUT2D eigenvalue weighted by Gasteiger charge is -2.30. The van der Waals surface area contributed by atoms with Crippen LogP contribution in [0.4, 0.5) is 11.4 Å². The number of nitrogens with one attached hydrogen (secondary N) is 1. The maximum atomic E-state index is 5.95. The van der Waals surface area contributed by atoms with Crippen molar-refractivity contribution < 1.29 is 0 Å². The van der Waals surface area contributed by atoms with Gasteiger partial charge in [0.15, 0.2) is 0 Å². The van der Waals surface area contributed by atoms with Crippen molar-refractivity contribution in [1.29, 1.82) is 0 Å². The van der Waals surface area contributed by atoms with Gasteiger partial charge in [-0.25, -0.2) is 0 Å². The van der Waals surface area contributed by atoms with Crippen LogP contribution in [0.15, 0.2) is 18.2 Å². The maximum Gasteiger partial charge on any atom is 0.0589 e. The fourth-order valence-corrected chi connectivity index (χ4v) is 2.29. The van der Waals surface area contributed by atoms with Crippen LogP contribution in [0.3, 0.4) is 0 Å². The van der Waals surface area contributed by atoms with Crippen molar-refractivity contribution >= 4 is 23.0 Å². The Bertz CT molecular complexity index is 369. The summed E-state index contributed by atoms with van der Waals surface area (Å²) in [7, 11) is 0. The van der Waals surface area contributed by atoms with Crippen molar-refractivity contribution in [3.63, 3.8) is 0 Å². The summed E-state index contributed by atoms with van der Waals surface area (Å²) in [4.78, 5) is 2.44. The number of nitrogen functional groups attached to an aromatic ring is 1. The molecule has 1 aromatic rings. The summed E-state index contributed by atoms with van der Waals surface area (Å²) in [6, 6.07) is 6.59. The molecule has 0 saturated carbocycles. The molecule has 4 heteroatoms. The normalized spacial score (nSPS) is 11.6. The van der Waals surface area contributed by atoms with Crippen molar-refractivity contribution in [1.82, 2.24) is 4.90 Å². The van der Waals surface area contributed by atoms with Gasteiger partial charge in [0.05, 0.1) is 11.4 Å². The Morgan fingerprint density at radius 3 is 2.39 bits per heavy atom. The summed E-state index contributed by atoms with van der Waals surface area (Å²) in [6.07, 6.45) is 0. The van der Waals surface area contributed by atoms with Gasteiger partial charge in [-0.15, -0.1) is 0 Å². The lowest BCUT2D eigenvalue weighted by molar-refractivity contribution is 0.182.